The summed E-state index contributed by atoms with van der Waals surface area (Å²) in [5.41, 5.74) is -0.594. The second-order valence-corrected chi connectivity index (χ2v) is 4.06. The van der Waals surface area contributed by atoms with Crippen molar-refractivity contribution in [3.63, 3.8) is 0 Å². The van der Waals surface area contributed by atoms with Gasteiger partial charge in [0.2, 0.25) is 5.91 Å². The topological polar surface area (TPSA) is 49.8 Å². The van der Waals surface area contributed by atoms with Crippen molar-refractivity contribution in [3.05, 3.63) is 29.8 Å². The molecule has 2 heterocycles. The number of ether oxygens (including phenoxy) is 1. The summed E-state index contributed by atoms with van der Waals surface area (Å²) in [6.45, 7) is 1.62. The van der Waals surface area contributed by atoms with Gasteiger partial charge in [0.05, 0.1) is 6.42 Å². The van der Waals surface area contributed by atoms with Crippen LogP contribution < -0.4 is 4.74 Å². The molecule has 1 aromatic rings. The van der Waals surface area contributed by atoms with Crippen LogP contribution in [-0.2, 0) is 10.5 Å². The fourth-order valence-electron chi connectivity index (χ4n) is 2.24. The molecule has 0 spiro atoms. The number of hydrogen-bond donors (Lipinski definition) is 1. The van der Waals surface area contributed by atoms with E-state index in [1.54, 1.807) is 13.0 Å². The number of para-hydroxylation sites is 1. The van der Waals surface area contributed by atoms with Crippen LogP contribution in [0.1, 0.15) is 18.9 Å². The van der Waals surface area contributed by atoms with Gasteiger partial charge in [-0.1, -0.05) is 18.2 Å². The summed E-state index contributed by atoms with van der Waals surface area (Å²) in [7, 11) is 0. The minimum absolute atomic E-state index is 0.0699. The molecule has 2 atom stereocenters. The quantitative estimate of drug-likeness (QED) is 0.637. The van der Waals surface area contributed by atoms with Gasteiger partial charge in [-0.15, -0.1) is 0 Å². The number of carbonyl (C=O) groups excluding carboxylic acids is 1. The summed E-state index contributed by atoms with van der Waals surface area (Å²) in [5.74, 6) is 0.593. The number of carbonyl (C=O) groups is 1. The van der Waals surface area contributed by atoms with Crippen molar-refractivity contribution >= 4 is 5.91 Å². The molecule has 0 aliphatic carbocycles. The first-order chi connectivity index (χ1) is 7.10. The minimum Gasteiger partial charge on any atom is -0.469 e. The zero-order valence-corrected chi connectivity index (χ0v) is 8.30. The number of rotatable bonds is 0. The molecule has 15 heavy (non-hydrogen) atoms. The maximum atomic E-state index is 11.4. The van der Waals surface area contributed by atoms with Crippen LogP contribution in [0, 0.1) is 0 Å². The summed E-state index contributed by atoms with van der Waals surface area (Å²) in [6.07, 6.45) is 0.0483. The van der Waals surface area contributed by atoms with Crippen molar-refractivity contribution in [3.8, 4) is 5.75 Å². The monoisotopic (exact) mass is 205 g/mol. The van der Waals surface area contributed by atoms with Gasteiger partial charge in [0.15, 0.2) is 12.0 Å². The lowest BCUT2D eigenvalue weighted by molar-refractivity contribution is -0.225. The fourth-order valence-corrected chi connectivity index (χ4v) is 2.24. The third-order valence-corrected chi connectivity index (χ3v) is 3.04. The fraction of sp³-hybridized carbons (Fsp3) is 0.364. The second-order valence-electron chi connectivity index (χ2n) is 4.06. The average molecular weight is 205 g/mol. The number of benzene rings is 1. The highest BCUT2D eigenvalue weighted by atomic mass is 16.5. The zero-order chi connectivity index (χ0) is 10.6. The van der Waals surface area contributed by atoms with Gasteiger partial charge in [0, 0.05) is 5.56 Å². The largest absolute Gasteiger partial charge is 0.469 e. The minimum atomic E-state index is -1.24. The Morgan fingerprint density at radius 1 is 1.53 bits per heavy atom. The molecule has 0 saturated carbocycles. The van der Waals surface area contributed by atoms with Gasteiger partial charge >= 0.3 is 0 Å². The van der Waals surface area contributed by atoms with Crippen molar-refractivity contribution < 1.29 is 14.6 Å². The van der Waals surface area contributed by atoms with Gasteiger partial charge in [-0.3, -0.25) is 9.69 Å². The second kappa shape index (κ2) is 2.52. The molecule has 78 valence electrons. The smallest absolute Gasteiger partial charge is 0.233 e. The summed E-state index contributed by atoms with van der Waals surface area (Å²) in [4.78, 5) is 12.8. The van der Waals surface area contributed by atoms with Crippen LogP contribution in [0.2, 0.25) is 0 Å². The van der Waals surface area contributed by atoms with E-state index in [9.17, 15) is 9.90 Å². The predicted octanol–water partition coefficient (Wildman–Crippen LogP) is 0.802. The highest BCUT2D eigenvalue weighted by molar-refractivity contribution is 5.84. The zero-order valence-electron chi connectivity index (χ0n) is 8.30. The number of amides is 1. The Balaban J connectivity index is 2.15. The molecule has 0 bridgehead atoms. The van der Waals surface area contributed by atoms with Gasteiger partial charge < -0.3 is 9.84 Å². The molecular formula is C11H11NO3. The molecule has 1 fully saturated rings. The summed E-state index contributed by atoms with van der Waals surface area (Å²) in [5, 5.41) is 10.3. The molecule has 1 saturated heterocycles. The van der Waals surface area contributed by atoms with Gasteiger partial charge in [-0.05, 0) is 13.0 Å². The Morgan fingerprint density at radius 3 is 3.00 bits per heavy atom. The van der Waals surface area contributed by atoms with E-state index in [1.165, 1.54) is 4.90 Å². The van der Waals surface area contributed by atoms with E-state index in [0.29, 0.717) is 17.7 Å². The number of hydrogen-bond acceptors (Lipinski definition) is 3. The Labute approximate surface area is 87.1 Å². The van der Waals surface area contributed by atoms with Gasteiger partial charge in [-0.2, -0.15) is 0 Å². The Morgan fingerprint density at radius 2 is 2.27 bits per heavy atom. The van der Waals surface area contributed by atoms with Crippen LogP contribution in [0.5, 0.6) is 5.75 Å². The van der Waals surface area contributed by atoms with Crippen LogP contribution in [0.15, 0.2) is 24.3 Å². The van der Waals surface area contributed by atoms with Crippen molar-refractivity contribution in [1.29, 1.82) is 0 Å². The molecule has 0 aromatic heterocycles. The number of aliphatic hydroxyl groups is 1. The highest BCUT2D eigenvalue weighted by Gasteiger charge is 2.53. The van der Waals surface area contributed by atoms with E-state index in [2.05, 4.69) is 0 Å². The van der Waals surface area contributed by atoms with E-state index in [4.69, 9.17) is 4.74 Å². The van der Waals surface area contributed by atoms with Crippen molar-refractivity contribution in [1.82, 2.24) is 4.90 Å². The normalized spacial score (nSPS) is 32.5. The lowest BCUT2D eigenvalue weighted by atomic mass is 9.94. The molecule has 3 rings (SSSR count). The van der Waals surface area contributed by atoms with E-state index in [1.807, 2.05) is 18.2 Å². The predicted molar refractivity (Wildman–Crippen MR) is 51.9 cm³/mol. The van der Waals surface area contributed by atoms with E-state index in [0.717, 1.165) is 0 Å². The summed E-state index contributed by atoms with van der Waals surface area (Å²) < 4.78 is 5.58. The molecule has 2 aliphatic rings. The first kappa shape index (κ1) is 8.73. The van der Waals surface area contributed by atoms with Crippen LogP contribution in [0.25, 0.3) is 0 Å². The third-order valence-electron chi connectivity index (χ3n) is 3.04. The average Bonchev–Trinajstić information content (AvgIpc) is 2.15. The van der Waals surface area contributed by atoms with E-state index < -0.39 is 5.72 Å². The van der Waals surface area contributed by atoms with Crippen molar-refractivity contribution in [2.75, 3.05) is 0 Å². The molecule has 1 aromatic carbocycles. The molecule has 1 N–H and O–H groups in total. The first-order valence-electron chi connectivity index (χ1n) is 4.91. The molecule has 0 radical (unpaired) electrons. The maximum Gasteiger partial charge on any atom is 0.233 e. The van der Waals surface area contributed by atoms with Crippen LogP contribution >= 0.6 is 0 Å². The molecule has 4 heteroatoms. The standard InChI is InChI=1S/C11H11NO3/c1-11(14)7-4-2-3-5-8(7)15-10-6-9(13)12(10)11/h2-5,10,14H,6H2,1H3/t10-,11+/m1/s1. The summed E-state index contributed by atoms with van der Waals surface area (Å²) >= 11 is 0. The highest BCUT2D eigenvalue weighted by Crippen LogP contribution is 2.44. The van der Waals surface area contributed by atoms with Crippen molar-refractivity contribution in [2.45, 2.75) is 25.3 Å². The molecular weight excluding hydrogens is 194 g/mol. The van der Waals surface area contributed by atoms with Gasteiger partial charge in [-0.25, -0.2) is 0 Å². The number of fused-ring (bicyclic) bond motifs is 2. The SMILES string of the molecule is C[C@]1(O)c2ccccc2O[C@@H]2CC(=O)N21. The third kappa shape index (κ3) is 0.969. The van der Waals surface area contributed by atoms with Crippen LogP contribution in [-0.4, -0.2) is 22.1 Å². The van der Waals surface area contributed by atoms with Crippen LogP contribution in [0.4, 0.5) is 0 Å². The Kier molecular flexibility index (Phi) is 1.47. The maximum absolute atomic E-state index is 11.4. The Hall–Kier alpha value is -1.55. The number of β-lactam (4-membered cyclic amide) rings is 1. The first-order valence-corrected chi connectivity index (χ1v) is 4.91. The lowest BCUT2D eigenvalue weighted by Gasteiger charge is -2.52. The Bertz CT molecular complexity index is 441. The molecule has 4 nitrogen and oxygen atoms in total. The summed E-state index contributed by atoms with van der Waals surface area (Å²) in [6, 6.07) is 7.26. The molecule has 2 aliphatic heterocycles. The van der Waals surface area contributed by atoms with Gasteiger partial charge in [0.1, 0.15) is 5.75 Å². The van der Waals surface area contributed by atoms with Gasteiger partial charge in [0.25, 0.3) is 0 Å². The van der Waals surface area contributed by atoms with Crippen molar-refractivity contribution in [2.24, 2.45) is 0 Å². The van der Waals surface area contributed by atoms with Crippen LogP contribution in [0.3, 0.4) is 0 Å². The van der Waals surface area contributed by atoms with E-state index >= 15 is 0 Å². The lowest BCUT2D eigenvalue weighted by Crippen LogP contribution is -2.66. The molecule has 0 unspecified atom stereocenters. The molecule has 1 amide bonds. The van der Waals surface area contributed by atoms with E-state index in [-0.39, 0.29) is 12.1 Å². The number of nitrogens with zero attached hydrogens (tertiary/aromatic N) is 1.